The molecule has 0 aromatic heterocycles. The minimum atomic E-state index is -0.259. The van der Waals surface area contributed by atoms with Crippen LogP contribution < -0.4 is 5.32 Å². The molecule has 1 aliphatic heterocycles. The van der Waals surface area contributed by atoms with Crippen molar-refractivity contribution in [2.75, 3.05) is 0 Å². The molecule has 0 radical (unpaired) electrons. The zero-order chi connectivity index (χ0) is 6.20. The average Bonchev–Trinajstić information content (AvgIpc) is 1.82. The van der Waals surface area contributed by atoms with E-state index in [0.29, 0.717) is 0 Å². The van der Waals surface area contributed by atoms with Crippen molar-refractivity contribution in [2.24, 2.45) is 0 Å². The van der Waals surface area contributed by atoms with Crippen LogP contribution in [-0.4, -0.2) is 16.9 Å². The van der Waals surface area contributed by atoms with Gasteiger partial charge in [0.2, 0.25) is 0 Å². The number of aliphatic hydroxyl groups is 1. The largest absolute Gasteiger partial charge is 0.379 e. The molecule has 2 nitrogen and oxygen atoms in total. The van der Waals surface area contributed by atoms with Crippen LogP contribution in [0.2, 0.25) is 0 Å². The lowest BCUT2D eigenvalue weighted by molar-refractivity contribution is 0.146. The van der Waals surface area contributed by atoms with Crippen LogP contribution >= 0.6 is 0 Å². The van der Waals surface area contributed by atoms with Crippen LogP contribution in [0.4, 0.5) is 0 Å². The lowest BCUT2D eigenvalue weighted by atomic mass is 10.0. The lowest BCUT2D eigenvalue weighted by Gasteiger charge is -2.17. The Morgan fingerprint density at radius 3 is 2.38 bits per heavy atom. The van der Waals surface area contributed by atoms with Crippen LogP contribution in [0.25, 0.3) is 0 Å². The van der Waals surface area contributed by atoms with E-state index in [0.717, 1.165) is 12.8 Å². The molecule has 1 atom stereocenters. The van der Waals surface area contributed by atoms with Gasteiger partial charge in [0.1, 0.15) is 6.23 Å². The minimum absolute atomic E-state index is 0.166. The van der Waals surface area contributed by atoms with E-state index in [1.165, 1.54) is 0 Å². The second kappa shape index (κ2) is 1.71. The first kappa shape index (κ1) is 6.05. The van der Waals surface area contributed by atoms with Gasteiger partial charge in [0.05, 0.1) is 0 Å². The van der Waals surface area contributed by atoms with Gasteiger partial charge < -0.3 is 5.11 Å². The van der Waals surface area contributed by atoms with Gasteiger partial charge in [0.25, 0.3) is 0 Å². The Kier molecular flexibility index (Phi) is 1.29. The SMILES string of the molecule is CC1(C)CCC(O)N1. The predicted octanol–water partition coefficient (Wildman–Crippen LogP) is 0.467. The summed E-state index contributed by atoms with van der Waals surface area (Å²) in [6.45, 7) is 4.20. The fraction of sp³-hybridized carbons (Fsp3) is 1.00. The first-order valence-corrected chi connectivity index (χ1v) is 3.06. The topological polar surface area (TPSA) is 32.3 Å². The van der Waals surface area contributed by atoms with E-state index in [-0.39, 0.29) is 11.8 Å². The Bertz CT molecular complexity index is 90.5. The number of rotatable bonds is 0. The fourth-order valence-corrected chi connectivity index (χ4v) is 1.09. The van der Waals surface area contributed by atoms with Crippen molar-refractivity contribution in [1.29, 1.82) is 0 Å². The van der Waals surface area contributed by atoms with Crippen molar-refractivity contribution in [3.8, 4) is 0 Å². The van der Waals surface area contributed by atoms with Crippen molar-refractivity contribution in [3.63, 3.8) is 0 Å². The van der Waals surface area contributed by atoms with Gasteiger partial charge in [-0.25, -0.2) is 0 Å². The van der Waals surface area contributed by atoms with Crippen molar-refractivity contribution < 1.29 is 5.11 Å². The molecule has 0 saturated carbocycles. The summed E-state index contributed by atoms with van der Waals surface area (Å²) in [4.78, 5) is 0. The van der Waals surface area contributed by atoms with E-state index in [4.69, 9.17) is 5.11 Å². The summed E-state index contributed by atoms with van der Waals surface area (Å²) in [6, 6.07) is 0. The summed E-state index contributed by atoms with van der Waals surface area (Å²) >= 11 is 0. The van der Waals surface area contributed by atoms with E-state index >= 15 is 0 Å². The molecule has 0 amide bonds. The van der Waals surface area contributed by atoms with E-state index in [9.17, 15) is 0 Å². The maximum Gasteiger partial charge on any atom is 0.105 e. The van der Waals surface area contributed by atoms with E-state index < -0.39 is 0 Å². The third-order valence-electron chi connectivity index (χ3n) is 1.60. The lowest BCUT2D eigenvalue weighted by Crippen LogP contribution is -2.36. The quantitative estimate of drug-likeness (QED) is 0.481. The van der Waals surface area contributed by atoms with Gasteiger partial charge >= 0.3 is 0 Å². The molecule has 1 aliphatic rings. The zero-order valence-corrected chi connectivity index (χ0v) is 5.44. The van der Waals surface area contributed by atoms with E-state index in [1.54, 1.807) is 0 Å². The monoisotopic (exact) mass is 115 g/mol. The first-order chi connectivity index (χ1) is 3.60. The normalized spacial score (nSPS) is 35.6. The number of aliphatic hydroxyl groups excluding tert-OH is 1. The molecule has 0 aromatic rings. The number of hydrogen-bond acceptors (Lipinski definition) is 2. The molecule has 1 rings (SSSR count). The third-order valence-corrected chi connectivity index (χ3v) is 1.60. The van der Waals surface area contributed by atoms with Gasteiger partial charge in [0.15, 0.2) is 0 Å². The third kappa shape index (κ3) is 1.20. The Hall–Kier alpha value is -0.0800. The molecule has 0 aromatic carbocycles. The Morgan fingerprint density at radius 1 is 1.62 bits per heavy atom. The van der Waals surface area contributed by atoms with Crippen LogP contribution in [-0.2, 0) is 0 Å². The Balaban J connectivity index is 2.44. The van der Waals surface area contributed by atoms with Crippen molar-refractivity contribution >= 4 is 0 Å². The minimum Gasteiger partial charge on any atom is -0.379 e. The highest BCUT2D eigenvalue weighted by atomic mass is 16.3. The Labute approximate surface area is 49.9 Å². The molecular formula is C6H13NO. The molecule has 2 N–H and O–H groups in total. The summed E-state index contributed by atoms with van der Waals surface area (Å²) in [5, 5.41) is 12.0. The van der Waals surface area contributed by atoms with Crippen molar-refractivity contribution in [2.45, 2.75) is 38.5 Å². The Morgan fingerprint density at radius 2 is 2.25 bits per heavy atom. The van der Waals surface area contributed by atoms with Crippen LogP contribution in [0.5, 0.6) is 0 Å². The highest BCUT2D eigenvalue weighted by molar-refractivity contribution is 4.85. The fourth-order valence-electron chi connectivity index (χ4n) is 1.09. The van der Waals surface area contributed by atoms with Gasteiger partial charge in [-0.1, -0.05) is 0 Å². The second-order valence-corrected chi connectivity index (χ2v) is 3.08. The molecule has 8 heavy (non-hydrogen) atoms. The van der Waals surface area contributed by atoms with Crippen LogP contribution in [0.15, 0.2) is 0 Å². The van der Waals surface area contributed by atoms with Gasteiger partial charge in [-0.2, -0.15) is 0 Å². The zero-order valence-electron chi connectivity index (χ0n) is 5.44. The highest BCUT2D eigenvalue weighted by Gasteiger charge is 2.27. The molecule has 2 heteroatoms. The second-order valence-electron chi connectivity index (χ2n) is 3.08. The summed E-state index contributed by atoms with van der Waals surface area (Å²) < 4.78 is 0. The first-order valence-electron chi connectivity index (χ1n) is 3.06. The van der Waals surface area contributed by atoms with Crippen molar-refractivity contribution in [1.82, 2.24) is 5.32 Å². The standard InChI is InChI=1S/C6H13NO/c1-6(2)4-3-5(8)7-6/h5,7-8H,3-4H2,1-2H3. The van der Waals surface area contributed by atoms with Gasteiger partial charge in [-0.15, -0.1) is 0 Å². The summed E-state index contributed by atoms with van der Waals surface area (Å²) in [7, 11) is 0. The molecular weight excluding hydrogens is 102 g/mol. The molecule has 48 valence electrons. The van der Waals surface area contributed by atoms with Crippen molar-refractivity contribution in [3.05, 3.63) is 0 Å². The van der Waals surface area contributed by atoms with Crippen LogP contribution in [0.1, 0.15) is 26.7 Å². The predicted molar refractivity (Wildman–Crippen MR) is 32.5 cm³/mol. The maximum atomic E-state index is 8.95. The molecule has 1 fully saturated rings. The number of nitrogens with one attached hydrogen (secondary N) is 1. The maximum absolute atomic E-state index is 8.95. The van der Waals surface area contributed by atoms with Crippen LogP contribution in [0.3, 0.4) is 0 Å². The smallest absolute Gasteiger partial charge is 0.105 e. The summed E-state index contributed by atoms with van der Waals surface area (Å²) in [6.07, 6.45) is 1.71. The molecule has 1 heterocycles. The van der Waals surface area contributed by atoms with Gasteiger partial charge in [-0.3, -0.25) is 5.32 Å². The highest BCUT2D eigenvalue weighted by Crippen LogP contribution is 2.19. The molecule has 0 aliphatic carbocycles. The summed E-state index contributed by atoms with van der Waals surface area (Å²) in [5.41, 5.74) is 0.166. The van der Waals surface area contributed by atoms with Crippen LogP contribution in [0, 0.1) is 0 Å². The van der Waals surface area contributed by atoms with E-state index in [1.807, 2.05) is 0 Å². The molecule has 1 saturated heterocycles. The number of hydrogen-bond donors (Lipinski definition) is 2. The molecule has 0 spiro atoms. The summed E-state index contributed by atoms with van der Waals surface area (Å²) in [5.74, 6) is 0. The molecule has 1 unspecified atom stereocenters. The molecule has 0 bridgehead atoms. The van der Waals surface area contributed by atoms with Gasteiger partial charge in [-0.05, 0) is 26.7 Å². The van der Waals surface area contributed by atoms with E-state index in [2.05, 4.69) is 19.2 Å². The average molecular weight is 115 g/mol. The van der Waals surface area contributed by atoms with Gasteiger partial charge in [0, 0.05) is 5.54 Å².